The molecule has 6 heterocycles. The minimum absolute atomic E-state index is 0.00591. The van der Waals surface area contributed by atoms with E-state index < -0.39 is 268 Å². The Kier molecular flexibility index (Phi) is 38.3. The zero-order valence-corrected chi connectivity index (χ0v) is 75.8. The topological polar surface area (TPSA) is 614 Å². The number of unbranched alkanes of at least 4 members (excludes halogenated alkanes) is 2. The summed E-state index contributed by atoms with van der Waals surface area (Å²) in [6, 6.07) is -1.88. The van der Waals surface area contributed by atoms with E-state index in [-0.39, 0.29) is 89.8 Å². The lowest BCUT2D eigenvalue weighted by atomic mass is 9.90. The number of carbonyl (C=O) groups is 18. The number of aliphatic hydroxyl groups is 1. The van der Waals surface area contributed by atoms with E-state index in [9.17, 15) is 67.7 Å². The fourth-order valence-corrected chi connectivity index (χ4v) is 17.6. The number of aliphatic carboxylic acids is 2. The van der Waals surface area contributed by atoms with Gasteiger partial charge in [0.1, 0.15) is 91.5 Å². The summed E-state index contributed by atoms with van der Waals surface area (Å²) in [6.07, 6.45) is -0.680. The van der Waals surface area contributed by atoms with Gasteiger partial charge in [-0.05, 0) is 124 Å². The summed E-state index contributed by atoms with van der Waals surface area (Å²) in [4.78, 5) is 270. The van der Waals surface area contributed by atoms with E-state index in [2.05, 4.69) is 47.5 Å². The van der Waals surface area contributed by atoms with Gasteiger partial charge < -0.3 is 120 Å². The van der Waals surface area contributed by atoms with Gasteiger partial charge in [-0.2, -0.15) is 0 Å². The number of amides is 15. The number of aliphatic hydroxyl groups excluding tert-OH is 1. The summed E-state index contributed by atoms with van der Waals surface area (Å²) >= 11 is 0. The van der Waals surface area contributed by atoms with Crippen molar-refractivity contribution < 1.29 is 111 Å². The van der Waals surface area contributed by atoms with Gasteiger partial charge in [-0.3, -0.25) is 86.3 Å². The molecule has 4 aliphatic heterocycles. The van der Waals surface area contributed by atoms with Crippen LogP contribution in [0.4, 0.5) is 4.39 Å². The second-order valence-electron chi connectivity index (χ2n) is 35.0. The van der Waals surface area contributed by atoms with Crippen LogP contribution in [0.3, 0.4) is 0 Å². The number of carboxylic acids is 2. The number of halogens is 1. The van der Waals surface area contributed by atoms with Gasteiger partial charge in [-0.25, -0.2) is 4.39 Å². The van der Waals surface area contributed by atoms with Gasteiger partial charge in [0.15, 0.2) is 5.78 Å². The second-order valence-corrected chi connectivity index (χ2v) is 35.0. The summed E-state index contributed by atoms with van der Waals surface area (Å²) in [5.41, 5.74) is 26.2. The average Bonchev–Trinajstić information content (AvgIpc) is 1.65. The molecule has 3 aromatic carbocycles. The van der Waals surface area contributed by atoms with Crippen molar-refractivity contribution in [2.75, 3.05) is 60.0 Å². The number of fused-ring (bicyclic) bond motifs is 5. The number of benzene rings is 3. The Morgan fingerprint density at radius 3 is 1.76 bits per heavy atom. The molecular formula is C91H126FN19O22. The third-order valence-electron chi connectivity index (χ3n) is 24.7. The van der Waals surface area contributed by atoms with Crippen LogP contribution in [0.25, 0.3) is 21.8 Å². The molecule has 2 aromatic heterocycles. The van der Waals surface area contributed by atoms with Crippen LogP contribution in [0.5, 0.6) is 0 Å². The van der Waals surface area contributed by atoms with E-state index in [0.29, 0.717) is 77.0 Å². The molecule has 41 nitrogen and oxygen atoms in total. The third-order valence-corrected chi connectivity index (χ3v) is 24.7. The Morgan fingerprint density at radius 2 is 1.12 bits per heavy atom. The summed E-state index contributed by atoms with van der Waals surface area (Å²) in [5.74, 6) is -20.5. The number of carbonyl (C=O) groups excluding carboxylic acids is 16. The van der Waals surface area contributed by atoms with Crippen LogP contribution >= 0.6 is 0 Å². The number of Topliss-reactive ketones (excluding diaryl/α,β-unsaturated/α-hetero) is 1. The smallest absolute Gasteiger partial charge is 0.323 e. The van der Waals surface area contributed by atoms with Crippen molar-refractivity contribution in [3.05, 3.63) is 108 Å². The molecule has 9 rings (SSSR count). The molecule has 0 spiro atoms. The van der Waals surface area contributed by atoms with Crippen LogP contribution in [-0.2, 0) is 117 Å². The van der Waals surface area contributed by atoms with Gasteiger partial charge in [-0.1, -0.05) is 102 Å². The minimum atomic E-state index is -1.82. The number of para-hydroxylation sites is 2. The molecule has 4 fully saturated rings. The molecule has 133 heavy (non-hydrogen) atoms. The lowest BCUT2D eigenvalue weighted by Crippen LogP contribution is -2.62. The van der Waals surface area contributed by atoms with Crippen LogP contribution in [0.15, 0.2) is 85.2 Å². The van der Waals surface area contributed by atoms with Crippen molar-refractivity contribution in [1.82, 2.24) is 76.6 Å². The molecule has 0 radical (unpaired) electrons. The highest BCUT2D eigenvalue weighted by atomic mass is 19.1. The van der Waals surface area contributed by atoms with E-state index in [1.54, 1.807) is 68.6 Å². The fraction of sp³-hybridized carbons (Fsp3) is 0.560. The number of hydrogen-bond donors (Lipinski definition) is 16. The number of nitrogens with two attached hydrogens (primary N) is 4. The SMILES string of the molecule is CCCC[C@H]1C(=O)N(C)[C@@H](CCCC)C(=O)N[C@@H](CC(C)C)C(=O)N[C@H](C(N)=O)COCC(=O)N[C@@H](Cc2ccc(F)cc2)C(=O)N2CCCC[C@H]2C(=O)N[C@@H](CC(N)=O)C(=O)N2CCC[C@H]2C(=O)N[C@@H](CN)C(=O)N[C@@H](CCC(=O)O)C(=O)N2C[C@H](O)C[C@H]2C(=O)C[C@@H](Cc2c[nH]c3ccccc23)C(=O)N[C@@H](CCN)C(=O)N[C@@H](Cc2cn(CC(=O)O)c3ccccc23)C(=O)N1C. The lowest BCUT2D eigenvalue weighted by molar-refractivity contribution is -0.149. The van der Waals surface area contributed by atoms with Crippen molar-refractivity contribution in [3.63, 3.8) is 0 Å². The first-order valence-electron chi connectivity index (χ1n) is 45.3. The molecule has 42 heteroatoms. The van der Waals surface area contributed by atoms with Crippen LogP contribution in [0.1, 0.15) is 160 Å². The van der Waals surface area contributed by atoms with Gasteiger partial charge in [-0.15, -0.1) is 0 Å². The molecule has 724 valence electrons. The zero-order valence-electron chi connectivity index (χ0n) is 75.8. The fourth-order valence-electron chi connectivity index (χ4n) is 17.6. The maximum atomic E-state index is 15.9. The summed E-state index contributed by atoms with van der Waals surface area (Å²) < 4.78 is 21.5. The van der Waals surface area contributed by atoms with Crippen molar-refractivity contribution >= 4 is 128 Å². The summed E-state index contributed by atoms with van der Waals surface area (Å²) in [7, 11) is 2.68. The lowest BCUT2D eigenvalue weighted by Gasteiger charge is -2.38. The number of nitrogens with zero attached hydrogens (tertiary/aromatic N) is 6. The third kappa shape index (κ3) is 28.1. The molecule has 0 aliphatic carbocycles. The number of H-pyrrole nitrogens is 1. The predicted molar refractivity (Wildman–Crippen MR) is 479 cm³/mol. The van der Waals surface area contributed by atoms with Crippen molar-refractivity contribution in [2.45, 2.75) is 254 Å². The quantitative estimate of drug-likeness (QED) is 0.0326. The molecule has 15 amide bonds. The van der Waals surface area contributed by atoms with E-state index in [4.69, 9.17) is 27.7 Å². The number of ether oxygens (including phenoxy) is 1. The number of ketones is 1. The van der Waals surface area contributed by atoms with Crippen molar-refractivity contribution in [2.24, 2.45) is 34.8 Å². The van der Waals surface area contributed by atoms with Crippen LogP contribution in [0, 0.1) is 17.7 Å². The molecule has 5 aromatic rings. The van der Waals surface area contributed by atoms with E-state index in [1.807, 2.05) is 13.8 Å². The minimum Gasteiger partial charge on any atom is -0.481 e. The average molecular weight is 1860 g/mol. The maximum absolute atomic E-state index is 15.9. The molecule has 20 N–H and O–H groups in total. The summed E-state index contributed by atoms with van der Waals surface area (Å²) in [5, 5.41) is 53.6. The first-order chi connectivity index (χ1) is 63.3. The van der Waals surface area contributed by atoms with Crippen molar-refractivity contribution in [1.29, 1.82) is 0 Å². The van der Waals surface area contributed by atoms with E-state index in [1.165, 1.54) is 37.0 Å². The van der Waals surface area contributed by atoms with Crippen LogP contribution in [0.2, 0.25) is 0 Å². The number of hydrogen-bond acceptors (Lipinski definition) is 22. The number of nitrogens with one attached hydrogen (secondary N) is 9. The Morgan fingerprint density at radius 1 is 0.549 bits per heavy atom. The number of aromatic nitrogens is 2. The Hall–Kier alpha value is -12.8. The zero-order chi connectivity index (χ0) is 97.2. The second kappa shape index (κ2) is 49.1. The van der Waals surface area contributed by atoms with Crippen molar-refractivity contribution in [3.8, 4) is 0 Å². The molecule has 15 atom stereocenters. The largest absolute Gasteiger partial charge is 0.481 e. The Bertz CT molecular complexity index is 5050. The molecule has 4 saturated heterocycles. The highest BCUT2D eigenvalue weighted by Gasteiger charge is 2.47. The van der Waals surface area contributed by atoms with E-state index >= 15 is 38.4 Å². The standard InChI is InChI=1S/C91H126FN19O22/c1-7-9-21-69-84(125)101-62(36-50(3)4)82(123)105-67(79(96)120)48-133-49-76(115)98-63(37-51-26-28-55(92)29-27-51)89(130)109-34-16-15-24-70(109)85(126)103-65(42-75(95)114)90(131)110-35-17-25-71(110)86(127)104-66(43-94)83(124)100-61(30-31-77(116)117)88(129)111-46-56(112)41-73(111)74(113)40-52(38-53-44-97-59-20-13-11-18-57(53)59)80(121)99-60(32-33-93)81(122)102-64(87(128)107(6)72(22-10-8-2)91(132)106(69)5)39-54-45-108(47-78(118)119)68-23-14-12-19-58(54)68/h11-14,18-20,23,26-29,44-45,50,52,56,60-67,69-73,97,112H,7-10,15-17,21-22,24-25,30-43,46-49,93-94H2,1-6H3,(H2,95,114)(H2,96,120)(H,98,115)(H,99,121)(H,100,124)(H,101,125)(H,102,122)(H,103,126)(H,104,127)(H,105,123)(H,116,117)(H,118,119)/t52-,56-,60+,61+,62+,63+,64+,65+,66+,67+,69+,70+,71+,72+,73+/m1/s1. The molecular weight excluding hydrogens is 1730 g/mol. The van der Waals surface area contributed by atoms with Crippen LogP contribution < -0.4 is 65.5 Å². The highest BCUT2D eigenvalue weighted by molar-refractivity contribution is 6.02. The van der Waals surface area contributed by atoms with Gasteiger partial charge in [0.2, 0.25) is 88.6 Å². The maximum Gasteiger partial charge on any atom is 0.323 e. The van der Waals surface area contributed by atoms with Crippen LogP contribution in [-0.4, -0.2) is 300 Å². The first-order valence-corrected chi connectivity index (χ1v) is 45.3. The Balaban J connectivity index is 1.10. The number of carboxylic acid groups (broad SMARTS) is 2. The molecule has 0 bridgehead atoms. The number of likely N-dealkylation sites (N-methyl/N-ethyl adjacent to an activating group) is 2. The number of rotatable bonds is 25. The molecule has 0 saturated carbocycles. The first kappa shape index (κ1) is 104. The Labute approximate surface area is 768 Å². The number of primary amides is 2. The molecule has 4 aliphatic rings. The van der Waals surface area contributed by atoms with E-state index in [0.717, 1.165) is 36.6 Å². The number of aromatic amines is 1. The summed E-state index contributed by atoms with van der Waals surface area (Å²) in [6.45, 7) is 3.17. The molecule has 0 unspecified atom stereocenters. The van der Waals surface area contributed by atoms with Gasteiger partial charge in [0.25, 0.3) is 0 Å². The highest BCUT2D eigenvalue weighted by Crippen LogP contribution is 2.31. The van der Waals surface area contributed by atoms with Gasteiger partial charge in [0, 0.05) is 112 Å². The normalized spacial score (nSPS) is 25.6. The predicted octanol–water partition coefficient (Wildman–Crippen LogP) is -1.19. The van der Waals surface area contributed by atoms with Gasteiger partial charge >= 0.3 is 11.9 Å². The number of piperidine rings is 1. The van der Waals surface area contributed by atoms with Gasteiger partial charge in [0.05, 0.1) is 25.2 Å². The monoisotopic (exact) mass is 1860 g/mol.